The molecule has 0 radical (unpaired) electrons. The Morgan fingerprint density at radius 3 is 2.40 bits per heavy atom. The van der Waals surface area contributed by atoms with Crippen LogP contribution >= 0.6 is 27.5 Å². The van der Waals surface area contributed by atoms with Crippen LogP contribution in [-0.4, -0.2) is 35.9 Å². The van der Waals surface area contributed by atoms with Crippen LogP contribution in [0.4, 0.5) is 0 Å². The van der Waals surface area contributed by atoms with E-state index in [4.69, 9.17) is 16.3 Å². The third-order valence-corrected chi connectivity index (χ3v) is 5.36. The summed E-state index contributed by atoms with van der Waals surface area (Å²) in [7, 11) is 0. The fraction of sp³-hybridized carbons (Fsp3) is 0.391. The maximum atomic E-state index is 13.0. The van der Waals surface area contributed by atoms with Gasteiger partial charge in [0.1, 0.15) is 11.8 Å². The molecule has 0 saturated heterocycles. The number of amides is 2. The number of benzene rings is 2. The molecule has 162 valence electrons. The number of nitrogens with one attached hydrogen (secondary N) is 1. The van der Waals surface area contributed by atoms with Gasteiger partial charge in [0.05, 0.1) is 5.02 Å². The van der Waals surface area contributed by atoms with Gasteiger partial charge in [-0.15, -0.1) is 0 Å². The van der Waals surface area contributed by atoms with E-state index < -0.39 is 6.04 Å². The van der Waals surface area contributed by atoms with Crippen LogP contribution in [0.1, 0.15) is 31.9 Å². The van der Waals surface area contributed by atoms with E-state index in [9.17, 15) is 9.59 Å². The third kappa shape index (κ3) is 7.33. The maximum Gasteiger partial charge on any atom is 0.261 e. The van der Waals surface area contributed by atoms with Crippen LogP contribution in [-0.2, 0) is 16.1 Å². The van der Waals surface area contributed by atoms with Crippen molar-refractivity contribution >= 4 is 39.3 Å². The summed E-state index contributed by atoms with van der Waals surface area (Å²) < 4.78 is 6.47. The molecule has 2 rings (SSSR count). The number of hydrogen-bond acceptors (Lipinski definition) is 3. The Hall–Kier alpha value is -2.05. The zero-order valence-corrected chi connectivity index (χ0v) is 20.1. The average Bonchev–Trinajstić information content (AvgIpc) is 2.70. The van der Waals surface area contributed by atoms with E-state index in [1.54, 1.807) is 25.1 Å². The lowest BCUT2D eigenvalue weighted by Gasteiger charge is -2.29. The van der Waals surface area contributed by atoms with Gasteiger partial charge >= 0.3 is 0 Å². The molecule has 1 unspecified atom stereocenters. The lowest BCUT2D eigenvalue weighted by Crippen LogP contribution is -2.49. The molecule has 2 aromatic rings. The molecule has 0 aliphatic rings. The van der Waals surface area contributed by atoms with E-state index in [-0.39, 0.29) is 18.4 Å². The molecule has 0 saturated carbocycles. The minimum atomic E-state index is -0.637. The Labute approximate surface area is 191 Å². The van der Waals surface area contributed by atoms with Crippen molar-refractivity contribution in [2.24, 2.45) is 5.92 Å². The Morgan fingerprint density at radius 1 is 1.13 bits per heavy atom. The van der Waals surface area contributed by atoms with Gasteiger partial charge in [0, 0.05) is 17.6 Å². The van der Waals surface area contributed by atoms with Crippen LogP contribution < -0.4 is 10.1 Å². The Bertz CT molecular complexity index is 871. The highest BCUT2D eigenvalue weighted by Crippen LogP contribution is 2.27. The van der Waals surface area contributed by atoms with Crippen LogP contribution in [0.2, 0.25) is 5.02 Å². The average molecular weight is 496 g/mol. The van der Waals surface area contributed by atoms with E-state index in [0.29, 0.717) is 29.8 Å². The summed E-state index contributed by atoms with van der Waals surface area (Å²) in [4.78, 5) is 27.2. The van der Waals surface area contributed by atoms with Crippen molar-refractivity contribution in [1.29, 1.82) is 0 Å². The molecule has 0 aliphatic heterocycles. The van der Waals surface area contributed by atoms with Gasteiger partial charge < -0.3 is 15.0 Å². The second-order valence-corrected chi connectivity index (χ2v) is 9.01. The van der Waals surface area contributed by atoms with Crippen molar-refractivity contribution < 1.29 is 14.3 Å². The van der Waals surface area contributed by atoms with E-state index >= 15 is 0 Å². The first-order chi connectivity index (χ1) is 14.2. The number of rotatable bonds is 9. The van der Waals surface area contributed by atoms with Gasteiger partial charge in [0.2, 0.25) is 5.91 Å². The number of aryl methyl sites for hydroxylation is 1. The summed E-state index contributed by atoms with van der Waals surface area (Å²) >= 11 is 9.52. The summed E-state index contributed by atoms with van der Waals surface area (Å²) in [6, 6.07) is 12.4. The normalized spacial score (nSPS) is 11.8. The smallest absolute Gasteiger partial charge is 0.261 e. The van der Waals surface area contributed by atoms with E-state index in [0.717, 1.165) is 15.6 Å². The molecule has 2 amide bonds. The molecule has 5 nitrogen and oxygen atoms in total. The minimum Gasteiger partial charge on any atom is -0.482 e. The van der Waals surface area contributed by atoms with Gasteiger partial charge in [-0.05, 0) is 43.5 Å². The quantitative estimate of drug-likeness (QED) is 0.534. The predicted octanol–water partition coefficient (Wildman–Crippen LogP) is 4.98. The van der Waals surface area contributed by atoms with Gasteiger partial charge in [-0.2, -0.15) is 0 Å². The molecule has 0 spiro atoms. The summed E-state index contributed by atoms with van der Waals surface area (Å²) in [5.74, 6) is 0.262. The molecule has 7 heteroatoms. The number of carbonyl (C=O) groups excluding carboxylic acids is 2. The second-order valence-electron chi connectivity index (χ2n) is 7.69. The fourth-order valence-corrected chi connectivity index (χ4v) is 3.47. The lowest BCUT2D eigenvalue weighted by atomic mass is 10.1. The number of nitrogens with zero attached hydrogens (tertiary/aromatic N) is 1. The molecule has 0 heterocycles. The highest BCUT2D eigenvalue weighted by atomic mass is 79.9. The molecular weight excluding hydrogens is 468 g/mol. The first-order valence-electron chi connectivity index (χ1n) is 9.88. The van der Waals surface area contributed by atoms with Gasteiger partial charge in [-0.25, -0.2) is 0 Å². The van der Waals surface area contributed by atoms with Crippen molar-refractivity contribution in [3.63, 3.8) is 0 Å². The first kappa shape index (κ1) is 24.2. The molecule has 1 atom stereocenters. The third-order valence-electron chi connectivity index (χ3n) is 4.57. The van der Waals surface area contributed by atoms with Gasteiger partial charge in [0.15, 0.2) is 6.61 Å². The molecule has 0 aliphatic carbocycles. The number of carbonyl (C=O) groups is 2. The van der Waals surface area contributed by atoms with Crippen molar-refractivity contribution in [1.82, 2.24) is 10.2 Å². The fourth-order valence-electron chi connectivity index (χ4n) is 2.74. The topological polar surface area (TPSA) is 58.6 Å². The molecule has 0 aromatic heterocycles. The van der Waals surface area contributed by atoms with Crippen LogP contribution in [0.15, 0.2) is 46.9 Å². The van der Waals surface area contributed by atoms with Gasteiger partial charge in [-0.1, -0.05) is 71.2 Å². The Kier molecular flexibility index (Phi) is 9.18. The number of hydrogen-bond donors (Lipinski definition) is 1. The largest absolute Gasteiger partial charge is 0.482 e. The summed E-state index contributed by atoms with van der Waals surface area (Å²) in [5.41, 5.74) is 2.08. The van der Waals surface area contributed by atoms with Crippen LogP contribution in [0.5, 0.6) is 5.75 Å². The van der Waals surface area contributed by atoms with E-state index in [2.05, 4.69) is 21.2 Å². The van der Waals surface area contributed by atoms with Gasteiger partial charge in [-0.3, -0.25) is 9.59 Å². The zero-order valence-electron chi connectivity index (χ0n) is 17.7. The highest BCUT2D eigenvalue weighted by Gasteiger charge is 2.26. The molecule has 30 heavy (non-hydrogen) atoms. The monoisotopic (exact) mass is 494 g/mol. The van der Waals surface area contributed by atoms with E-state index in [1.165, 1.54) is 4.90 Å². The van der Waals surface area contributed by atoms with Crippen molar-refractivity contribution in [3.8, 4) is 5.75 Å². The maximum absolute atomic E-state index is 13.0. The molecule has 2 aromatic carbocycles. The summed E-state index contributed by atoms with van der Waals surface area (Å²) in [5, 5.41) is 3.31. The lowest BCUT2D eigenvalue weighted by molar-refractivity contribution is -0.142. The standard InChI is InChI=1S/C23H28BrClN2O3/c1-15(2)12-26-23(29)17(4)27(13-18-7-5-16(3)6-8-18)22(28)14-30-21-10-9-19(24)11-20(21)25/h5-11,15,17H,12-14H2,1-4H3,(H,26,29). The first-order valence-corrected chi connectivity index (χ1v) is 11.0. The summed E-state index contributed by atoms with van der Waals surface area (Å²) in [6.45, 7) is 8.44. The minimum absolute atomic E-state index is 0.189. The molecule has 0 fully saturated rings. The SMILES string of the molecule is Cc1ccc(CN(C(=O)COc2ccc(Br)cc2Cl)C(C)C(=O)NCC(C)C)cc1. The predicted molar refractivity (Wildman–Crippen MR) is 124 cm³/mol. The van der Waals surface area contributed by atoms with Crippen LogP contribution in [0.25, 0.3) is 0 Å². The Morgan fingerprint density at radius 2 is 1.80 bits per heavy atom. The number of ether oxygens (including phenoxy) is 1. The van der Waals surface area contributed by atoms with Crippen molar-refractivity contribution in [3.05, 3.63) is 63.1 Å². The van der Waals surface area contributed by atoms with Crippen molar-refractivity contribution in [2.75, 3.05) is 13.2 Å². The van der Waals surface area contributed by atoms with Crippen molar-refractivity contribution in [2.45, 2.75) is 40.3 Å². The zero-order chi connectivity index (χ0) is 22.3. The highest BCUT2D eigenvalue weighted by molar-refractivity contribution is 9.10. The number of halogens is 2. The second kappa shape index (κ2) is 11.4. The van der Waals surface area contributed by atoms with Crippen LogP contribution in [0.3, 0.4) is 0 Å². The molecule has 1 N–H and O–H groups in total. The van der Waals surface area contributed by atoms with Crippen LogP contribution in [0, 0.1) is 12.8 Å². The van der Waals surface area contributed by atoms with E-state index in [1.807, 2.05) is 45.0 Å². The summed E-state index contributed by atoms with van der Waals surface area (Å²) in [6.07, 6.45) is 0. The van der Waals surface area contributed by atoms with Gasteiger partial charge in [0.25, 0.3) is 5.91 Å². The Balaban J connectivity index is 2.14. The molecule has 0 bridgehead atoms. The molecular formula is C23H28BrClN2O3.